The number of likely N-dealkylation sites (N-methyl/N-ethyl adjacent to an activating group) is 1. The third-order valence-corrected chi connectivity index (χ3v) is 3.27. The number of hydrogen-bond donors (Lipinski definition) is 2. The Labute approximate surface area is 107 Å². The normalized spacial score (nSPS) is 11.9. The monoisotopic (exact) mass is 255 g/mol. The molecule has 0 aliphatic carbocycles. The van der Waals surface area contributed by atoms with Gasteiger partial charge in [-0.25, -0.2) is 0 Å². The predicted octanol–water partition coefficient (Wildman–Crippen LogP) is 0.545. The number of carbonyl (C=O) groups is 1. The van der Waals surface area contributed by atoms with Gasteiger partial charge in [-0.05, 0) is 34.9 Å². The largest absolute Gasteiger partial charge is 0.388 e. The summed E-state index contributed by atoms with van der Waals surface area (Å²) >= 11 is 0. The van der Waals surface area contributed by atoms with E-state index in [1.807, 2.05) is 32.8 Å². The van der Waals surface area contributed by atoms with Gasteiger partial charge in [-0.2, -0.15) is 0 Å². The Morgan fingerprint density at radius 1 is 1.50 bits per heavy atom. The molecule has 0 saturated carbocycles. The average Bonchev–Trinajstić information content (AvgIpc) is 2.67. The zero-order valence-corrected chi connectivity index (χ0v) is 11.6. The van der Waals surface area contributed by atoms with E-state index in [0.717, 1.165) is 0 Å². The lowest BCUT2D eigenvalue weighted by molar-refractivity contribution is 0.0910. The predicted molar refractivity (Wildman–Crippen MR) is 67.3 cm³/mol. The highest BCUT2D eigenvalue weighted by Crippen LogP contribution is 2.13. The molecule has 1 heterocycles. The summed E-state index contributed by atoms with van der Waals surface area (Å²) in [5.41, 5.74) is 0.666. The molecule has 1 aromatic heterocycles. The fourth-order valence-electron chi connectivity index (χ4n) is 1.27. The summed E-state index contributed by atoms with van der Waals surface area (Å²) in [6, 6.07) is 0. The Kier molecular flexibility index (Phi) is 4.48. The smallest absolute Gasteiger partial charge is 0.273 e. The van der Waals surface area contributed by atoms with E-state index in [1.54, 1.807) is 6.92 Å². The molecule has 0 radical (unpaired) electrons. The molecule has 102 valence electrons. The topological polar surface area (TPSA) is 78.6 Å². The fraction of sp³-hybridized carbons (Fsp3) is 0.667. The van der Waals surface area contributed by atoms with Crippen molar-refractivity contribution in [3.05, 3.63) is 17.0 Å². The van der Waals surface area contributed by atoms with Crippen LogP contribution in [-0.4, -0.2) is 47.2 Å². The summed E-state index contributed by atoms with van der Waals surface area (Å²) in [6.07, 6.45) is 0. The van der Waals surface area contributed by atoms with Gasteiger partial charge in [0, 0.05) is 17.6 Å². The number of nitrogens with one attached hydrogen (secondary N) is 1. The lowest BCUT2D eigenvalue weighted by Crippen LogP contribution is -2.48. The second kappa shape index (κ2) is 5.49. The van der Waals surface area contributed by atoms with E-state index in [2.05, 4.69) is 10.5 Å². The molecule has 0 aliphatic heterocycles. The molecule has 0 unspecified atom stereocenters. The van der Waals surface area contributed by atoms with Crippen LogP contribution in [0.25, 0.3) is 0 Å². The Hall–Kier alpha value is -1.40. The molecule has 0 aliphatic rings. The molecule has 18 heavy (non-hydrogen) atoms. The van der Waals surface area contributed by atoms with Gasteiger partial charge in [-0.1, -0.05) is 5.16 Å². The van der Waals surface area contributed by atoms with E-state index < -0.39 is 0 Å². The molecule has 1 rings (SSSR count). The van der Waals surface area contributed by atoms with Crippen molar-refractivity contribution in [2.75, 3.05) is 20.6 Å². The molecular weight excluding hydrogens is 234 g/mol. The molecule has 0 saturated heterocycles. The van der Waals surface area contributed by atoms with Crippen LogP contribution in [0.2, 0.25) is 0 Å². The number of nitrogens with zero attached hydrogens (tertiary/aromatic N) is 2. The van der Waals surface area contributed by atoms with Crippen molar-refractivity contribution >= 4 is 5.91 Å². The Morgan fingerprint density at radius 2 is 2.11 bits per heavy atom. The average molecular weight is 255 g/mol. The standard InChI is InChI=1S/C12H21N3O3/c1-8-9(6-16)18-14-10(8)11(17)13-7-12(2,3)15(4)5/h16H,6-7H2,1-5H3,(H,13,17). The molecule has 1 aromatic rings. The highest BCUT2D eigenvalue weighted by Gasteiger charge is 2.23. The first-order chi connectivity index (χ1) is 8.29. The van der Waals surface area contributed by atoms with Crippen molar-refractivity contribution in [3.63, 3.8) is 0 Å². The second-order valence-electron chi connectivity index (χ2n) is 5.13. The number of carbonyl (C=O) groups excluding carboxylic acids is 1. The van der Waals surface area contributed by atoms with E-state index in [-0.39, 0.29) is 23.7 Å². The summed E-state index contributed by atoms with van der Waals surface area (Å²) in [4.78, 5) is 14.0. The van der Waals surface area contributed by atoms with E-state index in [1.165, 1.54) is 0 Å². The van der Waals surface area contributed by atoms with Crippen molar-refractivity contribution in [1.82, 2.24) is 15.4 Å². The molecule has 6 nitrogen and oxygen atoms in total. The molecule has 2 N–H and O–H groups in total. The van der Waals surface area contributed by atoms with Crippen LogP contribution in [-0.2, 0) is 6.61 Å². The van der Waals surface area contributed by atoms with Crippen molar-refractivity contribution in [2.24, 2.45) is 0 Å². The molecule has 0 fully saturated rings. The number of amides is 1. The maximum absolute atomic E-state index is 11.9. The number of hydrogen-bond acceptors (Lipinski definition) is 5. The zero-order valence-electron chi connectivity index (χ0n) is 11.6. The van der Waals surface area contributed by atoms with Gasteiger partial charge in [0.1, 0.15) is 6.61 Å². The maximum atomic E-state index is 11.9. The van der Waals surface area contributed by atoms with Crippen LogP contribution in [0.3, 0.4) is 0 Å². The summed E-state index contributed by atoms with van der Waals surface area (Å²) in [5, 5.41) is 15.5. The summed E-state index contributed by atoms with van der Waals surface area (Å²) < 4.78 is 4.87. The Bertz CT molecular complexity index is 424. The van der Waals surface area contributed by atoms with E-state index in [9.17, 15) is 4.79 Å². The van der Waals surface area contributed by atoms with Crippen molar-refractivity contribution < 1.29 is 14.4 Å². The van der Waals surface area contributed by atoms with E-state index >= 15 is 0 Å². The van der Waals surface area contributed by atoms with Crippen LogP contribution < -0.4 is 5.32 Å². The lowest BCUT2D eigenvalue weighted by Gasteiger charge is -2.32. The Morgan fingerprint density at radius 3 is 2.56 bits per heavy atom. The van der Waals surface area contributed by atoms with Gasteiger partial charge in [-0.3, -0.25) is 4.79 Å². The maximum Gasteiger partial charge on any atom is 0.273 e. The highest BCUT2D eigenvalue weighted by molar-refractivity contribution is 5.93. The zero-order chi connectivity index (χ0) is 13.9. The first-order valence-corrected chi connectivity index (χ1v) is 5.81. The minimum atomic E-state index is -0.286. The Balaban J connectivity index is 2.69. The molecular formula is C12H21N3O3. The minimum absolute atomic E-state index is 0.146. The second-order valence-corrected chi connectivity index (χ2v) is 5.13. The summed E-state index contributed by atoms with van der Waals surface area (Å²) in [6.45, 7) is 6.01. The SMILES string of the molecule is Cc1c(C(=O)NCC(C)(C)N(C)C)noc1CO. The van der Waals surface area contributed by atoms with Crippen LogP contribution in [0.15, 0.2) is 4.52 Å². The molecule has 0 spiro atoms. The fourth-order valence-corrected chi connectivity index (χ4v) is 1.27. The van der Waals surface area contributed by atoms with Gasteiger partial charge in [0.25, 0.3) is 5.91 Å². The first-order valence-electron chi connectivity index (χ1n) is 5.81. The van der Waals surface area contributed by atoms with E-state index in [0.29, 0.717) is 17.9 Å². The molecule has 6 heteroatoms. The van der Waals surface area contributed by atoms with Gasteiger partial charge in [0.15, 0.2) is 11.5 Å². The van der Waals surface area contributed by atoms with Crippen LogP contribution in [0.5, 0.6) is 0 Å². The number of aliphatic hydroxyl groups excluding tert-OH is 1. The third kappa shape index (κ3) is 3.08. The van der Waals surface area contributed by atoms with Gasteiger partial charge in [0.2, 0.25) is 0 Å². The van der Waals surface area contributed by atoms with Gasteiger partial charge >= 0.3 is 0 Å². The minimum Gasteiger partial charge on any atom is -0.388 e. The first kappa shape index (κ1) is 14.7. The molecule has 0 atom stereocenters. The van der Waals surface area contributed by atoms with Crippen LogP contribution in [0.1, 0.15) is 35.7 Å². The quantitative estimate of drug-likeness (QED) is 0.803. The van der Waals surface area contributed by atoms with Gasteiger partial charge in [-0.15, -0.1) is 0 Å². The highest BCUT2D eigenvalue weighted by atomic mass is 16.5. The third-order valence-electron chi connectivity index (χ3n) is 3.27. The van der Waals surface area contributed by atoms with Crippen LogP contribution >= 0.6 is 0 Å². The van der Waals surface area contributed by atoms with Crippen LogP contribution in [0, 0.1) is 6.92 Å². The molecule has 0 aromatic carbocycles. The van der Waals surface area contributed by atoms with Gasteiger partial charge < -0.3 is 19.8 Å². The van der Waals surface area contributed by atoms with Crippen molar-refractivity contribution in [3.8, 4) is 0 Å². The van der Waals surface area contributed by atoms with Crippen molar-refractivity contribution in [1.29, 1.82) is 0 Å². The van der Waals surface area contributed by atoms with Gasteiger partial charge in [0.05, 0.1) is 0 Å². The molecule has 0 bridgehead atoms. The summed E-state index contributed by atoms with van der Waals surface area (Å²) in [7, 11) is 3.91. The number of aromatic nitrogens is 1. The van der Waals surface area contributed by atoms with Crippen molar-refractivity contribution in [2.45, 2.75) is 32.9 Å². The summed E-state index contributed by atoms with van der Waals surface area (Å²) in [5.74, 6) is 0.0397. The van der Waals surface area contributed by atoms with Crippen LogP contribution in [0.4, 0.5) is 0 Å². The van der Waals surface area contributed by atoms with E-state index in [4.69, 9.17) is 9.63 Å². The molecule has 1 amide bonds. The lowest BCUT2D eigenvalue weighted by atomic mass is 10.0. The number of aliphatic hydroxyl groups is 1. The number of rotatable bonds is 5.